The molecule has 0 spiro atoms. The van der Waals surface area contributed by atoms with E-state index in [1.165, 1.54) is 37.5 Å². The highest BCUT2D eigenvalue weighted by Crippen LogP contribution is 2.29. The van der Waals surface area contributed by atoms with Gasteiger partial charge in [0.05, 0.1) is 18.4 Å². The van der Waals surface area contributed by atoms with Crippen molar-refractivity contribution < 1.29 is 28.7 Å². The second-order valence-electron chi connectivity index (χ2n) is 7.56. The van der Waals surface area contributed by atoms with Gasteiger partial charge < -0.3 is 9.47 Å². The number of halogens is 2. The Bertz CT molecular complexity index is 1400. The van der Waals surface area contributed by atoms with Crippen molar-refractivity contribution in [1.82, 2.24) is 5.32 Å². The number of anilines is 1. The molecule has 1 fully saturated rings. The molecular formula is C26H18BrClN2O6. The van der Waals surface area contributed by atoms with Crippen LogP contribution in [-0.4, -0.2) is 30.9 Å². The largest absolute Gasteiger partial charge is 0.488 e. The minimum Gasteiger partial charge on any atom is -0.488 e. The van der Waals surface area contributed by atoms with Crippen LogP contribution in [0.15, 0.2) is 76.8 Å². The molecule has 36 heavy (non-hydrogen) atoms. The molecule has 10 heteroatoms. The second-order valence-corrected chi connectivity index (χ2v) is 8.85. The van der Waals surface area contributed by atoms with Gasteiger partial charge in [0.15, 0.2) is 0 Å². The highest BCUT2D eigenvalue weighted by atomic mass is 79.9. The van der Waals surface area contributed by atoms with Crippen molar-refractivity contribution in [3.05, 3.63) is 98.5 Å². The number of esters is 1. The van der Waals surface area contributed by atoms with Gasteiger partial charge in [-0.2, -0.15) is 0 Å². The predicted octanol–water partition coefficient (Wildman–Crippen LogP) is 5.13. The van der Waals surface area contributed by atoms with Crippen molar-refractivity contribution in [1.29, 1.82) is 0 Å². The Morgan fingerprint density at radius 2 is 1.78 bits per heavy atom. The summed E-state index contributed by atoms with van der Waals surface area (Å²) in [5, 5.41) is 2.53. The predicted molar refractivity (Wildman–Crippen MR) is 137 cm³/mol. The van der Waals surface area contributed by atoms with Gasteiger partial charge in [-0.05, 0) is 54.6 Å². The molecule has 4 rings (SSSR count). The molecule has 4 amide bonds. The van der Waals surface area contributed by atoms with Crippen molar-refractivity contribution in [3.8, 4) is 5.75 Å². The molecule has 0 radical (unpaired) electrons. The van der Waals surface area contributed by atoms with E-state index >= 15 is 0 Å². The molecule has 182 valence electrons. The summed E-state index contributed by atoms with van der Waals surface area (Å²) < 4.78 is 11.5. The normalized spacial score (nSPS) is 14.6. The standard InChI is InChI=1S/C26H18BrClN2O6/c1-35-25(33)15-6-9-19(10-7-15)30-24(32)20(23(31)29-26(30)34)13-17-12-18(28)8-11-22(17)36-14-16-4-2-3-5-21(16)27/h2-13H,14H2,1H3,(H,29,31,34)/b20-13+. The van der Waals surface area contributed by atoms with Crippen molar-refractivity contribution >= 4 is 63.1 Å². The summed E-state index contributed by atoms with van der Waals surface area (Å²) in [6.45, 7) is 0.219. The van der Waals surface area contributed by atoms with Crippen LogP contribution >= 0.6 is 27.5 Å². The van der Waals surface area contributed by atoms with Gasteiger partial charge in [-0.25, -0.2) is 14.5 Å². The zero-order chi connectivity index (χ0) is 25.8. The quantitative estimate of drug-likeness (QED) is 0.251. The van der Waals surface area contributed by atoms with Gasteiger partial charge in [0.25, 0.3) is 11.8 Å². The van der Waals surface area contributed by atoms with Crippen LogP contribution in [-0.2, 0) is 20.9 Å². The van der Waals surface area contributed by atoms with E-state index in [1.807, 2.05) is 24.3 Å². The van der Waals surface area contributed by atoms with E-state index in [1.54, 1.807) is 18.2 Å². The summed E-state index contributed by atoms with van der Waals surface area (Å²) >= 11 is 9.64. The fraction of sp³-hybridized carbons (Fsp3) is 0.0769. The van der Waals surface area contributed by atoms with Crippen LogP contribution in [0, 0.1) is 0 Å². The van der Waals surface area contributed by atoms with Gasteiger partial charge in [0.2, 0.25) is 0 Å². The van der Waals surface area contributed by atoms with Crippen LogP contribution in [0.3, 0.4) is 0 Å². The van der Waals surface area contributed by atoms with E-state index in [4.69, 9.17) is 16.3 Å². The minimum absolute atomic E-state index is 0.167. The number of hydrogen-bond acceptors (Lipinski definition) is 6. The number of benzene rings is 3. The molecule has 0 aliphatic carbocycles. The lowest BCUT2D eigenvalue weighted by atomic mass is 10.1. The lowest BCUT2D eigenvalue weighted by Crippen LogP contribution is -2.54. The molecule has 3 aromatic rings. The summed E-state index contributed by atoms with van der Waals surface area (Å²) in [6, 6.07) is 17.1. The van der Waals surface area contributed by atoms with Crippen LogP contribution in [0.4, 0.5) is 10.5 Å². The number of nitrogens with zero attached hydrogens (tertiary/aromatic N) is 1. The highest BCUT2D eigenvalue weighted by molar-refractivity contribution is 9.10. The Labute approximate surface area is 219 Å². The number of amides is 4. The van der Waals surface area contributed by atoms with Gasteiger partial charge >= 0.3 is 12.0 Å². The third-order valence-electron chi connectivity index (χ3n) is 5.26. The smallest absolute Gasteiger partial charge is 0.337 e. The Balaban J connectivity index is 1.66. The number of urea groups is 1. The Morgan fingerprint density at radius 1 is 1.06 bits per heavy atom. The zero-order valence-electron chi connectivity index (χ0n) is 18.8. The van der Waals surface area contributed by atoms with Crippen LogP contribution < -0.4 is 15.0 Å². The van der Waals surface area contributed by atoms with E-state index in [0.29, 0.717) is 16.3 Å². The second kappa shape index (κ2) is 10.8. The molecular weight excluding hydrogens is 552 g/mol. The van der Waals surface area contributed by atoms with Gasteiger partial charge in [-0.1, -0.05) is 45.7 Å². The zero-order valence-corrected chi connectivity index (χ0v) is 21.1. The third-order valence-corrected chi connectivity index (χ3v) is 6.27. The number of barbiturate groups is 1. The van der Waals surface area contributed by atoms with Crippen molar-refractivity contribution in [3.63, 3.8) is 0 Å². The summed E-state index contributed by atoms with van der Waals surface area (Å²) in [6.07, 6.45) is 1.32. The third kappa shape index (κ3) is 5.32. The van der Waals surface area contributed by atoms with Gasteiger partial charge in [0.1, 0.15) is 17.9 Å². The Kier molecular flexibility index (Phi) is 7.52. The van der Waals surface area contributed by atoms with Crippen molar-refractivity contribution in [2.75, 3.05) is 12.0 Å². The fourth-order valence-corrected chi connectivity index (χ4v) is 4.03. The molecule has 0 aromatic heterocycles. The first-order chi connectivity index (χ1) is 17.3. The molecule has 0 bridgehead atoms. The number of nitrogens with one attached hydrogen (secondary N) is 1. The number of rotatable bonds is 6. The first-order valence-corrected chi connectivity index (χ1v) is 11.7. The molecule has 8 nitrogen and oxygen atoms in total. The monoisotopic (exact) mass is 568 g/mol. The number of hydrogen-bond donors (Lipinski definition) is 1. The highest BCUT2D eigenvalue weighted by Gasteiger charge is 2.37. The average molecular weight is 570 g/mol. The molecule has 3 aromatic carbocycles. The van der Waals surface area contributed by atoms with E-state index in [-0.39, 0.29) is 23.4 Å². The molecule has 0 atom stereocenters. The SMILES string of the molecule is COC(=O)c1ccc(N2C(=O)NC(=O)/C(=C\c3cc(Cl)ccc3OCc3ccccc3Br)C2=O)cc1. The Morgan fingerprint density at radius 3 is 2.47 bits per heavy atom. The number of methoxy groups -OCH3 is 1. The van der Waals surface area contributed by atoms with Gasteiger partial charge in [-0.15, -0.1) is 0 Å². The maximum Gasteiger partial charge on any atom is 0.337 e. The molecule has 0 unspecified atom stereocenters. The maximum absolute atomic E-state index is 13.3. The van der Waals surface area contributed by atoms with Gasteiger partial charge in [-0.3, -0.25) is 14.9 Å². The fourth-order valence-electron chi connectivity index (χ4n) is 3.45. The maximum atomic E-state index is 13.3. The number of ether oxygens (including phenoxy) is 2. The first kappa shape index (κ1) is 25.2. The van der Waals surface area contributed by atoms with E-state index in [9.17, 15) is 19.2 Å². The van der Waals surface area contributed by atoms with Crippen LogP contribution in [0.1, 0.15) is 21.5 Å². The van der Waals surface area contributed by atoms with Crippen LogP contribution in [0.2, 0.25) is 5.02 Å². The first-order valence-electron chi connectivity index (χ1n) is 10.5. The molecule has 1 saturated heterocycles. The molecule has 1 heterocycles. The summed E-state index contributed by atoms with van der Waals surface area (Å²) in [7, 11) is 1.24. The van der Waals surface area contributed by atoms with Crippen molar-refractivity contribution in [2.24, 2.45) is 0 Å². The molecule has 1 aliphatic heterocycles. The van der Waals surface area contributed by atoms with E-state index in [2.05, 4.69) is 26.0 Å². The number of imide groups is 2. The van der Waals surface area contributed by atoms with Crippen molar-refractivity contribution in [2.45, 2.75) is 6.61 Å². The molecule has 1 aliphatic rings. The lowest BCUT2D eigenvalue weighted by Gasteiger charge is -2.26. The summed E-state index contributed by atoms with van der Waals surface area (Å²) in [5.74, 6) is -1.88. The molecule has 1 N–H and O–H groups in total. The average Bonchev–Trinajstić information content (AvgIpc) is 2.86. The van der Waals surface area contributed by atoms with E-state index in [0.717, 1.165) is 14.9 Å². The topological polar surface area (TPSA) is 102 Å². The van der Waals surface area contributed by atoms with Gasteiger partial charge in [0, 0.05) is 20.6 Å². The summed E-state index contributed by atoms with van der Waals surface area (Å²) in [5.41, 5.74) is 1.39. The number of carbonyl (C=O) groups excluding carboxylic acids is 4. The van der Waals surface area contributed by atoms with Crippen LogP contribution in [0.5, 0.6) is 5.75 Å². The van der Waals surface area contributed by atoms with E-state index < -0.39 is 23.8 Å². The Hall–Kier alpha value is -3.95. The lowest BCUT2D eigenvalue weighted by molar-refractivity contribution is -0.122. The minimum atomic E-state index is -0.913. The van der Waals surface area contributed by atoms with Crippen LogP contribution in [0.25, 0.3) is 6.08 Å². The summed E-state index contributed by atoms with van der Waals surface area (Å²) in [4.78, 5) is 50.9. The number of carbonyl (C=O) groups is 4. The molecule has 0 saturated carbocycles.